The highest BCUT2D eigenvalue weighted by Crippen LogP contribution is 2.26. The van der Waals surface area contributed by atoms with Crippen LogP contribution < -0.4 is 5.32 Å². The highest BCUT2D eigenvalue weighted by molar-refractivity contribution is 6.34. The molecule has 0 aliphatic heterocycles. The number of tetrazole rings is 1. The van der Waals surface area contributed by atoms with Gasteiger partial charge in [-0.05, 0) is 11.3 Å². The summed E-state index contributed by atoms with van der Waals surface area (Å²) >= 11 is 5.80. The lowest BCUT2D eigenvalue weighted by Gasteiger charge is -2.04. The highest BCUT2D eigenvalue weighted by Gasteiger charge is 2.14. The number of aromatic nitrogens is 4. The maximum atomic E-state index is 11.6. The Labute approximate surface area is 104 Å². The third-order valence-electron chi connectivity index (χ3n) is 1.96. The van der Waals surface area contributed by atoms with Gasteiger partial charge in [0.25, 0.3) is 17.4 Å². The molecule has 0 atom stereocenters. The largest absolute Gasteiger partial charge is 0.318 e. The number of non-ortho nitro benzene ring substituents is 1. The molecule has 0 spiro atoms. The molecule has 1 aromatic carbocycles. The number of halogens is 1. The number of benzene rings is 1. The van der Waals surface area contributed by atoms with Crippen molar-refractivity contribution in [2.75, 3.05) is 5.32 Å². The molecule has 9 nitrogen and oxygen atoms in total. The first kappa shape index (κ1) is 11.9. The van der Waals surface area contributed by atoms with Gasteiger partial charge in [0.05, 0.1) is 15.6 Å². The van der Waals surface area contributed by atoms with Gasteiger partial charge in [-0.1, -0.05) is 11.6 Å². The van der Waals surface area contributed by atoms with E-state index >= 15 is 0 Å². The SMILES string of the molecule is O=C(Nc1ccc([N+](=O)[O-])cc1Cl)c1nn[nH]n1. The second kappa shape index (κ2) is 4.75. The van der Waals surface area contributed by atoms with Crippen LogP contribution in [0.3, 0.4) is 0 Å². The normalized spacial score (nSPS) is 10.1. The van der Waals surface area contributed by atoms with E-state index in [0.717, 1.165) is 6.07 Å². The predicted octanol–water partition coefficient (Wildman–Crippen LogP) is 1.01. The van der Waals surface area contributed by atoms with Gasteiger partial charge >= 0.3 is 0 Å². The number of amides is 1. The molecule has 0 fully saturated rings. The lowest BCUT2D eigenvalue weighted by molar-refractivity contribution is -0.384. The van der Waals surface area contributed by atoms with Crippen LogP contribution in [0.2, 0.25) is 5.02 Å². The Balaban J connectivity index is 2.20. The summed E-state index contributed by atoms with van der Waals surface area (Å²) in [5.41, 5.74) is 0.0506. The molecular formula is C8H5ClN6O3. The van der Waals surface area contributed by atoms with Gasteiger partial charge in [-0.2, -0.15) is 5.21 Å². The molecule has 0 aliphatic rings. The molecule has 18 heavy (non-hydrogen) atoms. The van der Waals surface area contributed by atoms with Crippen LogP contribution in [0.25, 0.3) is 0 Å². The van der Waals surface area contributed by atoms with Crippen LogP contribution in [0.1, 0.15) is 10.6 Å². The zero-order valence-corrected chi connectivity index (χ0v) is 9.38. The molecule has 10 heteroatoms. The van der Waals surface area contributed by atoms with E-state index in [1.165, 1.54) is 12.1 Å². The van der Waals surface area contributed by atoms with Crippen molar-refractivity contribution in [2.45, 2.75) is 0 Å². The van der Waals surface area contributed by atoms with Gasteiger partial charge in [0, 0.05) is 12.1 Å². The number of hydrogen-bond acceptors (Lipinski definition) is 6. The van der Waals surface area contributed by atoms with Gasteiger partial charge in [-0.3, -0.25) is 14.9 Å². The average molecular weight is 269 g/mol. The van der Waals surface area contributed by atoms with E-state index in [4.69, 9.17) is 11.6 Å². The third-order valence-corrected chi connectivity index (χ3v) is 2.27. The van der Waals surface area contributed by atoms with E-state index in [-0.39, 0.29) is 22.2 Å². The Morgan fingerprint density at radius 3 is 2.83 bits per heavy atom. The number of anilines is 1. The minimum atomic E-state index is -0.625. The fourth-order valence-electron chi connectivity index (χ4n) is 1.16. The summed E-state index contributed by atoms with van der Waals surface area (Å²) in [5.74, 6) is -0.788. The number of rotatable bonds is 3. The van der Waals surface area contributed by atoms with Crippen LogP contribution in [-0.2, 0) is 0 Å². The first-order valence-electron chi connectivity index (χ1n) is 4.56. The summed E-state index contributed by atoms with van der Waals surface area (Å²) < 4.78 is 0. The summed E-state index contributed by atoms with van der Waals surface area (Å²) in [6.07, 6.45) is 0. The van der Waals surface area contributed by atoms with E-state index in [1.54, 1.807) is 0 Å². The lowest BCUT2D eigenvalue weighted by atomic mass is 10.3. The standard InChI is InChI=1S/C8H5ClN6O3/c9-5-3-4(15(17)18)1-2-6(5)10-8(16)7-11-13-14-12-7/h1-3H,(H,10,16)(H,11,12,13,14). The maximum absolute atomic E-state index is 11.6. The minimum Gasteiger partial charge on any atom is -0.318 e. The van der Waals surface area contributed by atoms with E-state index in [0.29, 0.717) is 0 Å². The maximum Gasteiger partial charge on any atom is 0.297 e. The Hall–Kier alpha value is -2.55. The molecule has 0 unspecified atom stereocenters. The summed E-state index contributed by atoms with van der Waals surface area (Å²) in [7, 11) is 0. The van der Waals surface area contributed by atoms with Crippen molar-refractivity contribution in [3.05, 3.63) is 39.2 Å². The molecule has 1 aromatic heterocycles. The number of nitrogens with zero attached hydrogens (tertiary/aromatic N) is 4. The fourth-order valence-corrected chi connectivity index (χ4v) is 1.38. The molecule has 0 radical (unpaired) electrons. The van der Waals surface area contributed by atoms with Crippen LogP contribution in [0.4, 0.5) is 11.4 Å². The smallest absolute Gasteiger partial charge is 0.297 e. The summed E-state index contributed by atoms with van der Waals surface area (Å²) in [6, 6.07) is 3.67. The highest BCUT2D eigenvalue weighted by atomic mass is 35.5. The van der Waals surface area contributed by atoms with Crippen LogP contribution in [0, 0.1) is 10.1 Å². The van der Waals surface area contributed by atoms with Crippen molar-refractivity contribution in [1.29, 1.82) is 0 Å². The number of carbonyl (C=O) groups excluding carboxylic acids is 1. The zero-order valence-electron chi connectivity index (χ0n) is 8.62. The molecule has 2 N–H and O–H groups in total. The Morgan fingerprint density at radius 2 is 2.28 bits per heavy atom. The van der Waals surface area contributed by atoms with Gasteiger partial charge in [0.2, 0.25) is 0 Å². The Morgan fingerprint density at radius 1 is 1.50 bits per heavy atom. The topological polar surface area (TPSA) is 127 Å². The number of nitro groups is 1. The number of aromatic amines is 1. The van der Waals surface area contributed by atoms with Gasteiger partial charge in [-0.15, -0.1) is 10.2 Å². The average Bonchev–Trinajstić information content (AvgIpc) is 2.85. The van der Waals surface area contributed by atoms with Crippen LogP contribution >= 0.6 is 11.6 Å². The molecule has 1 heterocycles. The Bertz CT molecular complexity index is 599. The zero-order chi connectivity index (χ0) is 13.1. The lowest BCUT2D eigenvalue weighted by Crippen LogP contribution is -2.14. The first-order chi connectivity index (χ1) is 8.58. The van der Waals surface area contributed by atoms with E-state index < -0.39 is 10.8 Å². The number of H-pyrrole nitrogens is 1. The molecule has 0 saturated carbocycles. The summed E-state index contributed by atoms with van der Waals surface area (Å²) in [4.78, 5) is 21.5. The molecule has 1 amide bonds. The Kier molecular flexibility index (Phi) is 3.15. The molecule has 0 aliphatic carbocycles. The van der Waals surface area contributed by atoms with Crippen molar-refractivity contribution < 1.29 is 9.72 Å². The van der Waals surface area contributed by atoms with Gasteiger partial charge < -0.3 is 5.32 Å². The van der Waals surface area contributed by atoms with Crippen molar-refractivity contribution >= 4 is 28.9 Å². The van der Waals surface area contributed by atoms with E-state index in [9.17, 15) is 14.9 Å². The van der Waals surface area contributed by atoms with Gasteiger partial charge in [0.1, 0.15) is 0 Å². The predicted molar refractivity (Wildman–Crippen MR) is 60.2 cm³/mol. The molecule has 2 aromatic rings. The van der Waals surface area contributed by atoms with Crippen molar-refractivity contribution in [2.24, 2.45) is 0 Å². The quantitative estimate of drug-likeness (QED) is 0.632. The van der Waals surface area contributed by atoms with Gasteiger partial charge in [0.15, 0.2) is 0 Å². The van der Waals surface area contributed by atoms with Crippen molar-refractivity contribution in [1.82, 2.24) is 20.6 Å². The molecular weight excluding hydrogens is 264 g/mol. The van der Waals surface area contributed by atoms with E-state index in [1.807, 2.05) is 0 Å². The van der Waals surface area contributed by atoms with Crippen LogP contribution in [0.5, 0.6) is 0 Å². The third kappa shape index (κ3) is 2.40. The number of nitrogens with one attached hydrogen (secondary N) is 2. The first-order valence-corrected chi connectivity index (χ1v) is 4.94. The molecule has 92 valence electrons. The van der Waals surface area contributed by atoms with E-state index in [2.05, 4.69) is 25.9 Å². The second-order valence-electron chi connectivity index (χ2n) is 3.11. The minimum absolute atomic E-state index is 0.0426. The second-order valence-corrected chi connectivity index (χ2v) is 3.52. The summed E-state index contributed by atoms with van der Waals surface area (Å²) in [5, 5.41) is 25.2. The number of hydrogen-bond donors (Lipinski definition) is 2. The molecule has 2 rings (SSSR count). The van der Waals surface area contributed by atoms with Gasteiger partial charge in [-0.25, -0.2) is 0 Å². The fraction of sp³-hybridized carbons (Fsp3) is 0. The number of nitro benzene ring substituents is 1. The summed E-state index contributed by atoms with van der Waals surface area (Å²) in [6.45, 7) is 0. The molecule has 0 bridgehead atoms. The monoisotopic (exact) mass is 268 g/mol. The van der Waals surface area contributed by atoms with Crippen molar-refractivity contribution in [3.8, 4) is 0 Å². The number of carbonyl (C=O) groups is 1. The molecule has 0 saturated heterocycles. The van der Waals surface area contributed by atoms with Crippen molar-refractivity contribution in [3.63, 3.8) is 0 Å². The van der Waals surface area contributed by atoms with Crippen LogP contribution in [-0.4, -0.2) is 31.5 Å². The van der Waals surface area contributed by atoms with Crippen LogP contribution in [0.15, 0.2) is 18.2 Å².